The predicted molar refractivity (Wildman–Crippen MR) is 75.1 cm³/mol. The van der Waals surface area contributed by atoms with E-state index in [1.165, 1.54) is 12.3 Å². The van der Waals surface area contributed by atoms with E-state index in [-0.39, 0.29) is 18.8 Å². The maximum absolute atomic E-state index is 13.1. The fraction of sp³-hybridized carbons (Fsp3) is 0.231. The number of nitrogens with zero attached hydrogens (tertiary/aromatic N) is 3. The lowest BCUT2D eigenvalue weighted by Crippen LogP contribution is -2.30. The van der Waals surface area contributed by atoms with Gasteiger partial charge < -0.3 is 5.73 Å². The van der Waals surface area contributed by atoms with E-state index in [4.69, 9.17) is 5.73 Å². The average molecular weight is 360 g/mol. The molecular formula is C13H11F3N4O3S. The Morgan fingerprint density at radius 3 is 2.50 bits per heavy atom. The molecule has 7 nitrogen and oxygen atoms in total. The van der Waals surface area contributed by atoms with E-state index in [2.05, 4.69) is 5.10 Å². The zero-order chi connectivity index (χ0) is 17.7. The van der Waals surface area contributed by atoms with Gasteiger partial charge in [0.05, 0.1) is 28.9 Å². The average Bonchev–Trinajstić information content (AvgIpc) is 3.06. The van der Waals surface area contributed by atoms with Crippen LogP contribution in [0.5, 0.6) is 0 Å². The van der Waals surface area contributed by atoms with Crippen LogP contribution in [0, 0.1) is 0 Å². The number of amides is 1. The van der Waals surface area contributed by atoms with E-state index in [1.807, 2.05) is 0 Å². The van der Waals surface area contributed by atoms with Gasteiger partial charge in [0.15, 0.2) is 0 Å². The van der Waals surface area contributed by atoms with Crippen molar-refractivity contribution in [3.8, 4) is 0 Å². The van der Waals surface area contributed by atoms with E-state index in [0.29, 0.717) is 11.6 Å². The number of aromatic nitrogens is 2. The van der Waals surface area contributed by atoms with Crippen molar-refractivity contribution in [2.24, 2.45) is 5.73 Å². The van der Waals surface area contributed by atoms with Crippen molar-refractivity contribution in [2.45, 2.75) is 24.2 Å². The number of carbonyl (C=O) groups excluding carboxylic acids is 1. The summed E-state index contributed by atoms with van der Waals surface area (Å²) in [5, 5.41) is 3.72. The maximum atomic E-state index is 13.1. The molecule has 0 fully saturated rings. The lowest BCUT2D eigenvalue weighted by Gasteiger charge is -2.19. The number of rotatable bonds is 2. The van der Waals surface area contributed by atoms with Crippen LogP contribution in [0.25, 0.3) is 0 Å². The molecule has 2 heterocycles. The summed E-state index contributed by atoms with van der Waals surface area (Å²) in [5.41, 5.74) is 4.55. The van der Waals surface area contributed by atoms with E-state index < -0.39 is 32.7 Å². The van der Waals surface area contributed by atoms with Crippen LogP contribution < -0.4 is 5.73 Å². The summed E-state index contributed by atoms with van der Waals surface area (Å²) in [6.45, 7) is -0.468. The first-order valence-electron chi connectivity index (χ1n) is 6.64. The predicted octanol–water partition coefficient (Wildman–Crippen LogP) is 1.53. The second-order valence-electron chi connectivity index (χ2n) is 5.13. The minimum atomic E-state index is -4.81. The molecule has 11 heteroatoms. The molecule has 0 aliphatic carbocycles. The van der Waals surface area contributed by atoms with Crippen LogP contribution in [0.15, 0.2) is 35.4 Å². The number of benzene rings is 1. The first-order valence-corrected chi connectivity index (χ1v) is 8.08. The number of alkyl halides is 3. The summed E-state index contributed by atoms with van der Waals surface area (Å²) in [4.78, 5) is 10.4. The molecule has 1 aromatic carbocycles. The highest BCUT2D eigenvalue weighted by molar-refractivity contribution is 7.89. The van der Waals surface area contributed by atoms with Gasteiger partial charge in [0.2, 0.25) is 10.0 Å². The molecule has 0 saturated carbocycles. The lowest BCUT2D eigenvalue weighted by atomic mass is 10.2. The summed E-state index contributed by atoms with van der Waals surface area (Å²) in [6, 6.07) is 3.05. The fourth-order valence-electron chi connectivity index (χ4n) is 2.55. The molecule has 2 N–H and O–H groups in total. The van der Waals surface area contributed by atoms with Crippen LogP contribution in [0.3, 0.4) is 0 Å². The molecule has 24 heavy (non-hydrogen) atoms. The minimum Gasteiger partial charge on any atom is -0.350 e. The molecule has 1 aliphatic heterocycles. The van der Waals surface area contributed by atoms with Gasteiger partial charge in [-0.3, -0.25) is 0 Å². The van der Waals surface area contributed by atoms with Crippen molar-refractivity contribution >= 4 is 16.1 Å². The lowest BCUT2D eigenvalue weighted by molar-refractivity contribution is -0.139. The van der Waals surface area contributed by atoms with Crippen molar-refractivity contribution in [1.29, 1.82) is 0 Å². The highest BCUT2D eigenvalue weighted by Gasteiger charge is 2.41. The van der Waals surface area contributed by atoms with Gasteiger partial charge in [0.25, 0.3) is 0 Å². The smallest absolute Gasteiger partial charge is 0.350 e. The van der Waals surface area contributed by atoms with E-state index in [9.17, 15) is 26.4 Å². The largest absolute Gasteiger partial charge is 0.417 e. The highest BCUT2D eigenvalue weighted by Crippen LogP contribution is 2.37. The Labute approximate surface area is 134 Å². The minimum absolute atomic E-state index is 0.183. The summed E-state index contributed by atoms with van der Waals surface area (Å²) < 4.78 is 66.2. The first-order chi connectivity index (χ1) is 11.1. The number of hydrogen-bond donors (Lipinski definition) is 1. The van der Waals surface area contributed by atoms with Crippen molar-refractivity contribution in [2.75, 3.05) is 0 Å². The van der Waals surface area contributed by atoms with Gasteiger partial charge in [-0.05, 0) is 12.1 Å². The molecule has 0 unspecified atom stereocenters. The number of primary amides is 1. The van der Waals surface area contributed by atoms with Gasteiger partial charge in [-0.2, -0.15) is 27.3 Å². The van der Waals surface area contributed by atoms with E-state index in [0.717, 1.165) is 21.1 Å². The molecule has 2 aromatic rings. The normalized spacial score (nSPS) is 15.5. The van der Waals surface area contributed by atoms with Gasteiger partial charge in [0, 0.05) is 12.1 Å². The van der Waals surface area contributed by atoms with Gasteiger partial charge in [0.1, 0.15) is 0 Å². The Balaban J connectivity index is 2.01. The molecule has 1 aliphatic rings. The molecule has 0 saturated heterocycles. The Morgan fingerprint density at radius 1 is 1.21 bits per heavy atom. The highest BCUT2D eigenvalue weighted by atomic mass is 32.2. The topological polar surface area (TPSA) is 98.3 Å². The summed E-state index contributed by atoms with van der Waals surface area (Å²) in [7, 11) is -4.41. The Morgan fingerprint density at radius 2 is 1.88 bits per heavy atom. The zero-order valence-electron chi connectivity index (χ0n) is 12.0. The van der Waals surface area contributed by atoms with Crippen LogP contribution in [0.4, 0.5) is 18.0 Å². The fourth-order valence-corrected chi connectivity index (χ4v) is 4.14. The molecular weight excluding hydrogens is 349 g/mol. The van der Waals surface area contributed by atoms with Crippen molar-refractivity contribution in [1.82, 2.24) is 14.1 Å². The maximum Gasteiger partial charge on any atom is 0.417 e. The van der Waals surface area contributed by atoms with E-state index >= 15 is 0 Å². The number of nitrogens with two attached hydrogens (primary N) is 1. The molecule has 128 valence electrons. The van der Waals surface area contributed by atoms with Gasteiger partial charge in [-0.15, -0.1) is 0 Å². The standard InChI is InChI=1S/C13H11F3N4O3S/c14-13(15,16)9-3-1-2-4-11(9)24(22,23)19-6-8-5-18-20(12(17)21)10(8)7-19/h1-5H,6-7H2,(H2,17,21). The Kier molecular flexibility index (Phi) is 3.64. The number of sulfonamides is 1. The van der Waals surface area contributed by atoms with Gasteiger partial charge >= 0.3 is 12.2 Å². The van der Waals surface area contributed by atoms with Crippen LogP contribution in [-0.4, -0.2) is 28.5 Å². The zero-order valence-corrected chi connectivity index (χ0v) is 12.8. The number of halogens is 3. The molecule has 1 aromatic heterocycles. The van der Waals surface area contributed by atoms with E-state index in [1.54, 1.807) is 0 Å². The SMILES string of the molecule is NC(=O)n1ncc2c1CN(S(=O)(=O)c1ccccc1C(F)(F)F)C2. The molecule has 0 radical (unpaired) electrons. The van der Waals surface area contributed by atoms with Crippen LogP contribution in [0.2, 0.25) is 0 Å². The molecule has 0 atom stereocenters. The number of hydrogen-bond acceptors (Lipinski definition) is 4. The first kappa shape index (κ1) is 16.5. The third-order valence-electron chi connectivity index (χ3n) is 3.65. The van der Waals surface area contributed by atoms with Gasteiger partial charge in [-0.1, -0.05) is 12.1 Å². The summed E-state index contributed by atoms with van der Waals surface area (Å²) in [5.74, 6) is 0. The molecule has 3 rings (SSSR count). The summed E-state index contributed by atoms with van der Waals surface area (Å²) >= 11 is 0. The van der Waals surface area contributed by atoms with Crippen LogP contribution in [0.1, 0.15) is 16.8 Å². The monoisotopic (exact) mass is 360 g/mol. The number of fused-ring (bicyclic) bond motifs is 1. The second-order valence-corrected chi connectivity index (χ2v) is 7.04. The van der Waals surface area contributed by atoms with Crippen molar-refractivity contribution < 1.29 is 26.4 Å². The summed E-state index contributed by atoms with van der Waals surface area (Å²) in [6.07, 6.45) is -3.54. The molecule has 0 spiro atoms. The second kappa shape index (κ2) is 5.31. The molecule has 1 amide bonds. The number of carbonyl (C=O) groups is 1. The van der Waals surface area contributed by atoms with Crippen LogP contribution >= 0.6 is 0 Å². The van der Waals surface area contributed by atoms with Gasteiger partial charge in [-0.25, -0.2) is 13.2 Å². The van der Waals surface area contributed by atoms with Crippen molar-refractivity contribution in [3.05, 3.63) is 47.3 Å². The quantitative estimate of drug-likeness (QED) is 0.878. The van der Waals surface area contributed by atoms with Crippen LogP contribution in [-0.2, 0) is 29.3 Å². The molecule has 0 bridgehead atoms. The third kappa shape index (κ3) is 2.55. The third-order valence-corrected chi connectivity index (χ3v) is 5.50. The Hall–Kier alpha value is -2.40. The Bertz CT molecular complexity index is 921. The van der Waals surface area contributed by atoms with Crippen molar-refractivity contribution in [3.63, 3.8) is 0 Å².